The van der Waals surface area contributed by atoms with E-state index in [1.807, 2.05) is 6.07 Å². The first-order valence-corrected chi connectivity index (χ1v) is 5.12. The molecule has 3 heteroatoms. The van der Waals surface area contributed by atoms with Gasteiger partial charge < -0.3 is 4.43 Å². The molecule has 0 amide bonds. The highest BCUT2D eigenvalue weighted by Crippen LogP contribution is 2.23. The van der Waals surface area contributed by atoms with Crippen molar-refractivity contribution in [3.8, 4) is 24.7 Å². The minimum atomic E-state index is -1.39. The number of hydrogen-bond acceptors (Lipinski definition) is 2. The number of terminal acetylenes is 2. The summed E-state index contributed by atoms with van der Waals surface area (Å²) >= 11 is 0. The Labute approximate surface area is 92.2 Å². The predicted molar refractivity (Wildman–Crippen MR) is 61.8 cm³/mol. The Morgan fingerprint density at radius 1 is 1.27 bits per heavy atom. The van der Waals surface area contributed by atoms with Crippen LogP contribution in [0.3, 0.4) is 0 Å². The van der Waals surface area contributed by atoms with Gasteiger partial charge in [-0.1, -0.05) is 42.2 Å². The summed E-state index contributed by atoms with van der Waals surface area (Å²) in [5.74, 6) is 4.14. The monoisotopic (exact) mass is 214 g/mol. The van der Waals surface area contributed by atoms with Gasteiger partial charge in [0.05, 0.1) is 0 Å². The third-order valence-corrected chi connectivity index (χ3v) is 2.50. The lowest BCUT2D eigenvalue weighted by molar-refractivity contribution is -0.136. The van der Waals surface area contributed by atoms with Gasteiger partial charge in [0.2, 0.25) is 15.9 Å². The van der Waals surface area contributed by atoms with E-state index in [9.17, 15) is 4.79 Å². The van der Waals surface area contributed by atoms with Crippen molar-refractivity contribution < 1.29 is 9.22 Å². The molecule has 0 aliphatic rings. The van der Waals surface area contributed by atoms with Crippen LogP contribution in [0.15, 0.2) is 30.3 Å². The molecule has 1 rings (SSSR count). The van der Waals surface area contributed by atoms with Crippen LogP contribution in [-0.4, -0.2) is 16.5 Å². The first-order valence-electron chi connectivity index (χ1n) is 4.30. The predicted octanol–water partition coefficient (Wildman–Crippen LogP) is 0.0144. The zero-order valence-electron chi connectivity index (χ0n) is 8.36. The molecular formula is C12H10O2Si. The van der Waals surface area contributed by atoms with Crippen molar-refractivity contribution in [2.75, 3.05) is 0 Å². The van der Waals surface area contributed by atoms with Gasteiger partial charge in [0.25, 0.3) is 0 Å². The highest BCUT2D eigenvalue weighted by atomic mass is 28.2. The summed E-state index contributed by atoms with van der Waals surface area (Å²) in [6.07, 6.45) is 10.7. The Balaban J connectivity index is 3.34. The van der Waals surface area contributed by atoms with Crippen LogP contribution >= 0.6 is 0 Å². The van der Waals surface area contributed by atoms with E-state index in [0.29, 0.717) is 5.56 Å². The lowest BCUT2D eigenvalue weighted by Gasteiger charge is -2.20. The summed E-state index contributed by atoms with van der Waals surface area (Å²) in [5.41, 5.74) is -0.793. The fourth-order valence-electron chi connectivity index (χ4n) is 1.29. The number of carbonyl (C=O) groups is 1. The van der Waals surface area contributed by atoms with E-state index in [1.165, 1.54) is 0 Å². The summed E-state index contributed by atoms with van der Waals surface area (Å²) in [5, 5.41) is 0. The van der Waals surface area contributed by atoms with Gasteiger partial charge >= 0.3 is 5.97 Å². The van der Waals surface area contributed by atoms with Crippen molar-refractivity contribution in [3.05, 3.63) is 35.9 Å². The van der Waals surface area contributed by atoms with Gasteiger partial charge in [0.1, 0.15) is 0 Å². The van der Waals surface area contributed by atoms with Crippen molar-refractivity contribution in [1.29, 1.82) is 0 Å². The molecule has 0 saturated carbocycles. The molecule has 2 nitrogen and oxygen atoms in total. The fraction of sp³-hybridized carbons (Fsp3) is 0.0833. The molecule has 0 aromatic heterocycles. The van der Waals surface area contributed by atoms with Crippen molar-refractivity contribution in [1.82, 2.24) is 0 Å². The minimum Gasteiger partial charge on any atom is -0.527 e. The van der Waals surface area contributed by atoms with Gasteiger partial charge in [-0.25, -0.2) is 0 Å². The van der Waals surface area contributed by atoms with Crippen LogP contribution in [0.2, 0.25) is 0 Å². The zero-order valence-corrected chi connectivity index (χ0v) is 10.4. The Bertz CT molecular complexity index is 423. The molecule has 0 bridgehead atoms. The molecule has 15 heavy (non-hydrogen) atoms. The summed E-state index contributed by atoms with van der Waals surface area (Å²) in [6.45, 7) is 0. The number of hydrogen-bond donors (Lipinski definition) is 0. The second kappa shape index (κ2) is 4.50. The van der Waals surface area contributed by atoms with E-state index in [-0.39, 0.29) is 10.5 Å². The molecule has 0 unspecified atom stereocenters. The van der Waals surface area contributed by atoms with Crippen LogP contribution < -0.4 is 0 Å². The molecule has 0 N–H and O–H groups in total. The lowest BCUT2D eigenvalue weighted by atomic mass is 9.82. The van der Waals surface area contributed by atoms with E-state index in [2.05, 4.69) is 11.8 Å². The Morgan fingerprint density at radius 2 is 1.80 bits per heavy atom. The van der Waals surface area contributed by atoms with E-state index in [0.717, 1.165) is 0 Å². The van der Waals surface area contributed by atoms with E-state index < -0.39 is 11.4 Å². The SMILES string of the molecule is C#CC(C#C)(C(=O)O[SiH3])c1ccccc1. The summed E-state index contributed by atoms with van der Waals surface area (Å²) in [4.78, 5) is 11.6. The molecule has 0 saturated heterocycles. The average Bonchev–Trinajstić information content (AvgIpc) is 2.32. The van der Waals surface area contributed by atoms with Gasteiger partial charge in [-0.15, -0.1) is 12.8 Å². The molecule has 0 fully saturated rings. The van der Waals surface area contributed by atoms with Crippen LogP contribution in [-0.2, 0) is 14.6 Å². The maximum Gasteiger partial charge on any atom is 0.327 e. The molecular weight excluding hydrogens is 204 g/mol. The van der Waals surface area contributed by atoms with Crippen LogP contribution in [0.5, 0.6) is 0 Å². The van der Waals surface area contributed by atoms with Gasteiger partial charge in [0, 0.05) is 0 Å². The molecule has 0 spiro atoms. The molecule has 0 aliphatic heterocycles. The minimum absolute atomic E-state index is 0.273. The smallest absolute Gasteiger partial charge is 0.327 e. The van der Waals surface area contributed by atoms with Crippen molar-refractivity contribution >= 4 is 16.5 Å². The topological polar surface area (TPSA) is 26.3 Å². The second-order valence-electron chi connectivity index (χ2n) is 2.90. The molecule has 1 aromatic carbocycles. The fourth-order valence-corrected chi connectivity index (χ4v) is 1.59. The molecule has 0 heterocycles. The first-order chi connectivity index (χ1) is 7.21. The Kier molecular flexibility index (Phi) is 3.33. The van der Waals surface area contributed by atoms with Crippen molar-refractivity contribution in [2.24, 2.45) is 0 Å². The molecule has 74 valence electrons. The normalized spacial score (nSPS) is 10.0. The molecule has 1 aromatic rings. The Hall–Kier alpha value is -1.97. The number of benzene rings is 1. The summed E-state index contributed by atoms with van der Waals surface area (Å²) in [7, 11) is 0.273. The zero-order chi connectivity index (χ0) is 11.3. The molecule has 0 radical (unpaired) electrons. The average molecular weight is 214 g/mol. The maximum absolute atomic E-state index is 11.6. The Morgan fingerprint density at radius 3 is 2.20 bits per heavy atom. The number of carbonyl (C=O) groups excluding carboxylic acids is 1. The van der Waals surface area contributed by atoms with Crippen LogP contribution in [0.1, 0.15) is 5.56 Å². The van der Waals surface area contributed by atoms with Crippen molar-refractivity contribution in [2.45, 2.75) is 5.41 Å². The van der Waals surface area contributed by atoms with Gasteiger partial charge in [-0.2, -0.15) is 0 Å². The van der Waals surface area contributed by atoms with E-state index >= 15 is 0 Å². The summed E-state index contributed by atoms with van der Waals surface area (Å²) < 4.78 is 4.77. The summed E-state index contributed by atoms with van der Waals surface area (Å²) in [6, 6.07) is 8.82. The van der Waals surface area contributed by atoms with E-state index in [1.54, 1.807) is 24.3 Å². The highest BCUT2D eigenvalue weighted by Gasteiger charge is 2.37. The molecule has 0 atom stereocenters. The van der Waals surface area contributed by atoms with Gasteiger partial charge in [-0.05, 0) is 5.56 Å². The highest BCUT2D eigenvalue weighted by molar-refractivity contribution is 6.09. The van der Waals surface area contributed by atoms with Crippen LogP contribution in [0, 0.1) is 24.7 Å². The quantitative estimate of drug-likeness (QED) is 0.512. The standard InChI is InChI=1S/C12H10O2Si/c1-3-12(4-2,11(13)14-15)10-8-6-5-7-9-10/h1-2,5-9H,15H3. The van der Waals surface area contributed by atoms with Crippen LogP contribution in [0.25, 0.3) is 0 Å². The van der Waals surface area contributed by atoms with Gasteiger partial charge in [0.15, 0.2) is 0 Å². The maximum atomic E-state index is 11.6. The third-order valence-electron chi connectivity index (χ3n) is 2.13. The van der Waals surface area contributed by atoms with E-state index in [4.69, 9.17) is 17.3 Å². The largest absolute Gasteiger partial charge is 0.527 e. The van der Waals surface area contributed by atoms with Gasteiger partial charge in [-0.3, -0.25) is 4.79 Å². The van der Waals surface area contributed by atoms with Crippen molar-refractivity contribution in [3.63, 3.8) is 0 Å². The lowest BCUT2D eigenvalue weighted by Crippen LogP contribution is -2.34. The second-order valence-corrected chi connectivity index (χ2v) is 3.30. The number of rotatable bonds is 2. The molecule has 0 aliphatic carbocycles. The third kappa shape index (κ3) is 1.79. The first kappa shape index (κ1) is 11.1. The van der Waals surface area contributed by atoms with Crippen LogP contribution in [0.4, 0.5) is 0 Å².